The molecule has 0 spiro atoms. The van der Waals surface area contributed by atoms with Crippen molar-refractivity contribution in [2.45, 2.75) is 165 Å². The van der Waals surface area contributed by atoms with Gasteiger partial charge in [0, 0.05) is 51.9 Å². The minimum Gasteiger partial charge on any atom is -0.507 e. The predicted molar refractivity (Wildman–Crippen MR) is 383 cm³/mol. The molecule has 8 bridgehead atoms. The van der Waals surface area contributed by atoms with Crippen LogP contribution in [0.15, 0.2) is 170 Å². The Labute approximate surface area is 576 Å². The van der Waals surface area contributed by atoms with Gasteiger partial charge < -0.3 is 29.5 Å². The normalized spacial score (nSPS) is 12.5. The summed E-state index contributed by atoms with van der Waals surface area (Å²) in [6.07, 6.45) is 1.13. The summed E-state index contributed by atoms with van der Waals surface area (Å²) in [5, 5.41) is 26.0. The van der Waals surface area contributed by atoms with Crippen molar-refractivity contribution in [3.63, 3.8) is 0 Å². The van der Waals surface area contributed by atoms with Crippen molar-refractivity contribution in [1.82, 2.24) is 9.80 Å². The van der Waals surface area contributed by atoms with E-state index in [2.05, 4.69) is 132 Å². The number of amides is 2. The van der Waals surface area contributed by atoms with E-state index in [0.29, 0.717) is 37.7 Å². The highest BCUT2D eigenvalue weighted by atomic mass is 35.6. The second-order valence-corrected chi connectivity index (χ2v) is 31.7. The number of hydrogen-bond acceptors (Lipinski definition) is 6. The lowest BCUT2D eigenvalue weighted by Crippen LogP contribution is -2.34. The highest BCUT2D eigenvalue weighted by molar-refractivity contribution is 6.63. The van der Waals surface area contributed by atoms with E-state index >= 15 is 0 Å². The number of fused-ring (bicyclic) bond motifs is 8. The van der Waals surface area contributed by atoms with E-state index < -0.39 is 8.59 Å². The molecule has 0 unspecified atom stereocenters. The van der Waals surface area contributed by atoms with Crippen molar-refractivity contribution in [3.05, 3.63) is 259 Å². The van der Waals surface area contributed by atoms with E-state index in [9.17, 15) is 19.8 Å². The minimum atomic E-state index is -0.750. The van der Waals surface area contributed by atoms with Gasteiger partial charge in [0.15, 0.2) is 21.8 Å². The van der Waals surface area contributed by atoms with Crippen LogP contribution in [-0.4, -0.2) is 53.6 Å². The Morgan fingerprint density at radius 2 is 0.543 bits per heavy atom. The first-order chi connectivity index (χ1) is 43.2. The molecule has 0 fully saturated rings. The smallest absolute Gasteiger partial charge is 0.261 e. The molecule has 0 atom stereocenters. The maximum absolute atomic E-state index is 14.9. The van der Waals surface area contributed by atoms with E-state index in [1.165, 1.54) is 0 Å². The Balaban J connectivity index is 0.00000142. The predicted octanol–water partition coefficient (Wildman–Crippen LogP) is 20.2. The molecule has 8 nitrogen and oxygen atoms in total. The Kier molecular flexibility index (Phi) is 25.6. The second kappa shape index (κ2) is 32.2. The first kappa shape index (κ1) is 73.1. The number of phenolic OH excluding ortho intramolecular Hbond substituents is 2. The second-order valence-electron chi connectivity index (χ2n) is 27.8. The maximum Gasteiger partial charge on any atom is 0.261 e. The minimum absolute atomic E-state index is 0.163. The van der Waals surface area contributed by atoms with E-state index in [4.69, 9.17) is 79.1 Å². The van der Waals surface area contributed by atoms with Crippen LogP contribution in [0, 0.1) is 0 Å². The number of phenols is 2. The van der Waals surface area contributed by atoms with Crippen LogP contribution in [0.4, 0.5) is 0 Å². The van der Waals surface area contributed by atoms with Crippen molar-refractivity contribution >= 4 is 81.4 Å². The summed E-state index contributed by atoms with van der Waals surface area (Å²) in [5.74, 6) is 1.10. The zero-order valence-corrected chi connectivity index (χ0v) is 59.6. The van der Waals surface area contributed by atoms with Crippen molar-refractivity contribution in [2.75, 3.05) is 13.2 Å². The van der Waals surface area contributed by atoms with E-state index in [0.717, 1.165) is 89.0 Å². The van der Waals surface area contributed by atoms with Gasteiger partial charge in [-0.25, -0.2) is 0 Å². The van der Waals surface area contributed by atoms with Crippen LogP contribution in [0.1, 0.15) is 172 Å². The summed E-state index contributed by atoms with van der Waals surface area (Å²) in [6.45, 7) is 27.4. The molecule has 8 aromatic carbocycles. The third kappa shape index (κ3) is 21.3. The Bertz CT molecular complexity index is 3310. The molecule has 0 radical (unpaired) electrons. The number of benzene rings is 8. The number of carbonyl (C=O) groups is 2. The third-order valence-corrected chi connectivity index (χ3v) is 16.3. The summed E-state index contributed by atoms with van der Waals surface area (Å²) >= 11 is 28.8. The van der Waals surface area contributed by atoms with Crippen LogP contribution in [0.2, 0.25) is 0 Å². The van der Waals surface area contributed by atoms with Gasteiger partial charge in [-0.1, -0.05) is 323 Å². The van der Waals surface area contributed by atoms with Crippen LogP contribution >= 0.6 is 69.6 Å². The lowest BCUT2D eigenvalue weighted by Gasteiger charge is -2.29. The van der Waals surface area contributed by atoms with Gasteiger partial charge in [0.25, 0.3) is 11.8 Å². The molecule has 1 aliphatic rings. The summed E-state index contributed by atoms with van der Waals surface area (Å²) in [5.41, 5.74) is 13.2. The first-order valence-corrected chi connectivity index (χ1v) is 33.7. The Morgan fingerprint density at radius 3 is 0.728 bits per heavy atom. The molecule has 8 aromatic rings. The van der Waals surface area contributed by atoms with Crippen molar-refractivity contribution in [3.8, 4) is 23.0 Å². The van der Waals surface area contributed by atoms with Crippen LogP contribution in [-0.2, 0) is 83.1 Å². The van der Waals surface area contributed by atoms with E-state index in [1.807, 2.05) is 131 Å². The Hall–Kier alpha value is -6.36. The molecule has 0 aliphatic heterocycles. The molecule has 1 aliphatic carbocycles. The molecule has 14 heteroatoms. The van der Waals surface area contributed by atoms with Gasteiger partial charge in [-0.3, -0.25) is 9.59 Å². The molecule has 9 rings (SSSR count). The lowest BCUT2D eigenvalue weighted by molar-refractivity contribution is -0.135. The highest BCUT2D eigenvalue weighted by Gasteiger charge is 2.30. The number of aromatic hydroxyl groups is 2. The van der Waals surface area contributed by atoms with E-state index in [-0.39, 0.29) is 83.9 Å². The quantitative estimate of drug-likeness (QED) is 0.105. The Morgan fingerprint density at radius 1 is 0.359 bits per heavy atom. The number of halogens is 6. The van der Waals surface area contributed by atoms with Crippen molar-refractivity contribution < 1.29 is 29.3 Å². The van der Waals surface area contributed by atoms with Crippen LogP contribution in [0.3, 0.4) is 0 Å². The largest absolute Gasteiger partial charge is 0.507 e. The molecule has 0 heterocycles. The molecule has 488 valence electrons. The zero-order valence-electron chi connectivity index (χ0n) is 55.1. The first-order valence-electron chi connectivity index (χ1n) is 31.1. The summed E-state index contributed by atoms with van der Waals surface area (Å²) in [6, 6.07) is 57.3. The molecule has 0 saturated heterocycles. The SMILES string of the molecule is CC(C)(C)c1cc2c(O)c(c1)Cc1cc(C(C)(C)C)cc(c1OCC(=O)N(Cc1ccccc1)Cc1ccccc1)Cc1cc(C(C)(C)C)cc(c1O)Cc1cc(C(C)(C)C)cc(c1OCC(=O)N(Cc1ccccc1)Cc1ccccc1)C2.ClC(Cl)Cl.ClC(Cl)Cl. The molecular formula is C78H88Cl6N2O6. The fourth-order valence-electron chi connectivity index (χ4n) is 11.1. The van der Waals surface area contributed by atoms with Gasteiger partial charge >= 0.3 is 0 Å². The standard InChI is InChI=1S/C76H86N2O6.2CHCl3/c1-73(2,3)63-37-55-33-59-41-65(75(7,8)9)43-61(71(59)83-49-67(79)77(45-51-25-17-13-18-26-51)46-52-27-19-14-20-28-52)35-57-39-64(74(4,5)6)40-58(70(57)82)36-62-44-66(76(10,11)12)42-60(34-56(38-63)69(55)81)72(62)84-50-68(80)78(47-53-29-21-15-22-30-53)48-54-31-23-16-24-32-54;2*2-1(3)4/h13-32,37-44,81-82H,33-36,45-50H2,1-12H3;2*1H. The maximum atomic E-state index is 14.9. The summed E-state index contributed by atoms with van der Waals surface area (Å²) in [7, 11) is 0. The molecular weight excluding hydrogens is 1270 g/mol. The highest BCUT2D eigenvalue weighted by Crippen LogP contribution is 2.44. The monoisotopic (exact) mass is 1360 g/mol. The number of nitrogens with zero attached hydrogens (tertiary/aromatic N) is 2. The molecule has 92 heavy (non-hydrogen) atoms. The number of hydrogen-bond donors (Lipinski definition) is 2. The summed E-state index contributed by atoms with van der Waals surface area (Å²) < 4.78 is 12.6. The summed E-state index contributed by atoms with van der Waals surface area (Å²) in [4.78, 5) is 33.4. The van der Waals surface area contributed by atoms with Gasteiger partial charge in [0.05, 0.1) is 0 Å². The van der Waals surface area contributed by atoms with Crippen LogP contribution < -0.4 is 9.47 Å². The number of rotatable bonds is 14. The molecule has 0 saturated carbocycles. The average molecular weight is 1360 g/mol. The number of carbonyl (C=O) groups excluding carboxylic acids is 2. The molecule has 0 aromatic heterocycles. The fraction of sp³-hybridized carbons (Fsp3) is 0.359. The topological polar surface area (TPSA) is 99.5 Å². The van der Waals surface area contributed by atoms with Crippen molar-refractivity contribution in [2.24, 2.45) is 0 Å². The number of ether oxygens (including phenoxy) is 2. The fourth-order valence-corrected chi connectivity index (χ4v) is 11.1. The van der Waals surface area contributed by atoms with Crippen molar-refractivity contribution in [1.29, 1.82) is 0 Å². The average Bonchev–Trinajstić information content (AvgIpc) is 0.774. The van der Waals surface area contributed by atoms with Gasteiger partial charge in [-0.15, -0.1) is 0 Å². The van der Waals surface area contributed by atoms with Gasteiger partial charge in [-0.05, 0) is 111 Å². The molecule has 2 N–H and O–H groups in total. The third-order valence-electron chi connectivity index (χ3n) is 16.3. The number of alkyl halides is 6. The van der Waals surface area contributed by atoms with Gasteiger partial charge in [0.2, 0.25) is 0 Å². The van der Waals surface area contributed by atoms with Gasteiger partial charge in [0.1, 0.15) is 23.0 Å². The van der Waals surface area contributed by atoms with Crippen LogP contribution in [0.25, 0.3) is 0 Å². The lowest BCUT2D eigenvalue weighted by atomic mass is 9.79. The van der Waals surface area contributed by atoms with Crippen LogP contribution in [0.5, 0.6) is 23.0 Å². The molecule has 2 amide bonds. The zero-order chi connectivity index (χ0) is 67.3. The van der Waals surface area contributed by atoms with Gasteiger partial charge in [-0.2, -0.15) is 0 Å². The van der Waals surface area contributed by atoms with E-state index in [1.54, 1.807) is 0 Å².